The first-order valence-electron chi connectivity index (χ1n) is 9.94. The van der Waals surface area contributed by atoms with Gasteiger partial charge in [0.1, 0.15) is 5.69 Å². The molecule has 148 valence electrons. The maximum atomic E-state index is 10.8. The van der Waals surface area contributed by atoms with Crippen LogP contribution in [0.15, 0.2) is 54.7 Å². The molecule has 0 fully saturated rings. The minimum atomic E-state index is -0.970. The zero-order valence-corrected chi connectivity index (χ0v) is 16.5. The molecule has 0 unspecified atom stereocenters. The van der Waals surface area contributed by atoms with Gasteiger partial charge in [0, 0.05) is 41.2 Å². The van der Waals surface area contributed by atoms with Gasteiger partial charge in [0.05, 0.1) is 11.2 Å². The van der Waals surface area contributed by atoms with Gasteiger partial charge < -0.3 is 5.11 Å². The van der Waals surface area contributed by atoms with Crippen LogP contribution < -0.4 is 0 Å². The molecule has 0 amide bonds. The number of carboxylic acid groups (broad SMARTS) is 1. The number of benzene rings is 1. The van der Waals surface area contributed by atoms with E-state index in [-0.39, 0.29) is 0 Å². The normalized spacial score (nSPS) is 13.2. The van der Waals surface area contributed by atoms with Crippen LogP contribution in [0.5, 0.6) is 0 Å². The Hall–Kier alpha value is -3.80. The monoisotopic (exact) mass is 396 g/mol. The van der Waals surface area contributed by atoms with E-state index in [0.29, 0.717) is 0 Å². The van der Waals surface area contributed by atoms with Crippen molar-refractivity contribution in [2.45, 2.75) is 26.3 Å². The molecule has 0 atom stereocenters. The molecular weight excluding hydrogens is 376 g/mol. The Morgan fingerprint density at radius 1 is 1.20 bits per heavy atom. The van der Waals surface area contributed by atoms with Gasteiger partial charge in [0.15, 0.2) is 0 Å². The number of carboxylic acids is 1. The van der Waals surface area contributed by atoms with Gasteiger partial charge in [-0.3, -0.25) is 14.6 Å². The Kier molecular flexibility index (Phi) is 4.39. The number of rotatable bonds is 4. The Labute approximate surface area is 173 Å². The van der Waals surface area contributed by atoms with Crippen LogP contribution in [0, 0.1) is 6.92 Å². The highest BCUT2D eigenvalue weighted by Crippen LogP contribution is 2.39. The number of carbonyl (C=O) groups is 1. The molecule has 30 heavy (non-hydrogen) atoms. The summed E-state index contributed by atoms with van der Waals surface area (Å²) in [6.07, 6.45) is 6.59. The van der Waals surface area contributed by atoms with E-state index in [1.54, 1.807) is 12.3 Å². The van der Waals surface area contributed by atoms with Crippen molar-refractivity contribution in [3.05, 3.63) is 71.7 Å². The van der Waals surface area contributed by atoms with E-state index in [1.807, 2.05) is 49.4 Å². The lowest BCUT2D eigenvalue weighted by molar-refractivity contribution is -0.131. The molecule has 1 aliphatic rings. The summed E-state index contributed by atoms with van der Waals surface area (Å²) in [4.78, 5) is 20.1. The third-order valence-corrected chi connectivity index (χ3v) is 5.43. The first kappa shape index (κ1) is 18.2. The fraction of sp³-hybridized carbons (Fsp3) is 0.167. The number of nitrogens with zero attached hydrogens (tertiary/aromatic N) is 4. The summed E-state index contributed by atoms with van der Waals surface area (Å²) in [5, 5.41) is 14.8. The number of aryl methyl sites for hydroxylation is 2. The molecular formula is C24H20N4O2. The highest BCUT2D eigenvalue weighted by Gasteiger charge is 2.25. The summed E-state index contributed by atoms with van der Waals surface area (Å²) in [5.41, 5.74) is 7.78. The van der Waals surface area contributed by atoms with Crippen LogP contribution in [0.3, 0.4) is 0 Å². The topological polar surface area (TPSA) is 80.9 Å². The van der Waals surface area contributed by atoms with Crippen molar-refractivity contribution >= 4 is 22.9 Å². The predicted octanol–water partition coefficient (Wildman–Crippen LogP) is 4.51. The molecule has 0 saturated carbocycles. The average molecular weight is 396 g/mol. The molecule has 0 aliphatic carbocycles. The Balaban J connectivity index is 1.72. The van der Waals surface area contributed by atoms with Crippen LogP contribution in [0.1, 0.15) is 23.4 Å². The van der Waals surface area contributed by atoms with E-state index in [4.69, 9.17) is 15.2 Å². The van der Waals surface area contributed by atoms with Crippen molar-refractivity contribution in [2.75, 3.05) is 0 Å². The number of aromatic nitrogens is 4. The lowest BCUT2D eigenvalue weighted by Crippen LogP contribution is -1.95. The molecule has 0 spiro atoms. The fourth-order valence-electron chi connectivity index (χ4n) is 4.12. The SMILES string of the molecule is Cc1cccc(-c2nn3c(c2-c2ccnc4cc(/C=C/C(=O)O)ccc24)CCC3)n1. The molecule has 3 aromatic heterocycles. The molecule has 0 bridgehead atoms. The van der Waals surface area contributed by atoms with Crippen LogP contribution in [0.4, 0.5) is 0 Å². The van der Waals surface area contributed by atoms with Crippen molar-refractivity contribution in [2.24, 2.45) is 0 Å². The quantitative estimate of drug-likeness (QED) is 0.513. The van der Waals surface area contributed by atoms with Gasteiger partial charge in [-0.25, -0.2) is 4.79 Å². The Bertz CT molecular complexity index is 1320. The molecule has 5 rings (SSSR count). The van der Waals surface area contributed by atoms with Gasteiger partial charge in [-0.1, -0.05) is 18.2 Å². The molecule has 0 saturated heterocycles. The summed E-state index contributed by atoms with van der Waals surface area (Å²) >= 11 is 0. The molecule has 4 heterocycles. The average Bonchev–Trinajstić information content (AvgIpc) is 3.33. The van der Waals surface area contributed by atoms with Crippen LogP contribution in [-0.2, 0) is 17.8 Å². The number of fused-ring (bicyclic) bond motifs is 2. The Morgan fingerprint density at radius 2 is 2.10 bits per heavy atom. The van der Waals surface area contributed by atoms with Crippen molar-refractivity contribution in [1.82, 2.24) is 19.7 Å². The summed E-state index contributed by atoms with van der Waals surface area (Å²) in [6.45, 7) is 2.91. The van der Waals surface area contributed by atoms with Gasteiger partial charge >= 0.3 is 5.97 Å². The van der Waals surface area contributed by atoms with Gasteiger partial charge in [-0.05, 0) is 61.2 Å². The first-order chi connectivity index (χ1) is 14.6. The lowest BCUT2D eigenvalue weighted by atomic mass is 9.96. The predicted molar refractivity (Wildman–Crippen MR) is 116 cm³/mol. The number of hydrogen-bond acceptors (Lipinski definition) is 4. The molecule has 1 aromatic carbocycles. The molecule has 6 nitrogen and oxygen atoms in total. The number of pyridine rings is 2. The van der Waals surface area contributed by atoms with Gasteiger partial charge in [-0.15, -0.1) is 0 Å². The van der Waals surface area contributed by atoms with Crippen LogP contribution in [0.2, 0.25) is 0 Å². The van der Waals surface area contributed by atoms with E-state index in [2.05, 4.69) is 9.67 Å². The largest absolute Gasteiger partial charge is 0.478 e. The number of aliphatic carboxylic acids is 1. The minimum absolute atomic E-state index is 0.801. The fourth-order valence-corrected chi connectivity index (χ4v) is 4.12. The molecule has 1 aliphatic heterocycles. The van der Waals surface area contributed by atoms with E-state index in [0.717, 1.165) is 70.1 Å². The molecule has 1 N–H and O–H groups in total. The molecule has 4 aromatic rings. The van der Waals surface area contributed by atoms with E-state index in [9.17, 15) is 4.79 Å². The summed E-state index contributed by atoms with van der Waals surface area (Å²) < 4.78 is 2.10. The Morgan fingerprint density at radius 3 is 2.93 bits per heavy atom. The maximum absolute atomic E-state index is 10.8. The first-order valence-corrected chi connectivity index (χ1v) is 9.94. The molecule has 6 heteroatoms. The van der Waals surface area contributed by atoms with Crippen molar-refractivity contribution in [3.63, 3.8) is 0 Å². The van der Waals surface area contributed by atoms with E-state index >= 15 is 0 Å². The smallest absolute Gasteiger partial charge is 0.328 e. The van der Waals surface area contributed by atoms with Crippen molar-refractivity contribution in [1.29, 1.82) is 0 Å². The number of hydrogen-bond donors (Lipinski definition) is 1. The zero-order valence-electron chi connectivity index (χ0n) is 16.5. The van der Waals surface area contributed by atoms with Crippen molar-refractivity contribution in [3.8, 4) is 22.5 Å². The lowest BCUT2D eigenvalue weighted by Gasteiger charge is -2.09. The van der Waals surface area contributed by atoms with Gasteiger partial charge in [0.25, 0.3) is 0 Å². The second-order valence-electron chi connectivity index (χ2n) is 7.47. The second kappa shape index (κ2) is 7.22. The van der Waals surface area contributed by atoms with Crippen LogP contribution >= 0.6 is 0 Å². The highest BCUT2D eigenvalue weighted by molar-refractivity contribution is 5.99. The summed E-state index contributed by atoms with van der Waals surface area (Å²) in [6, 6.07) is 13.9. The van der Waals surface area contributed by atoms with E-state index < -0.39 is 5.97 Å². The minimum Gasteiger partial charge on any atom is -0.478 e. The third-order valence-electron chi connectivity index (χ3n) is 5.43. The van der Waals surface area contributed by atoms with Gasteiger partial charge in [-0.2, -0.15) is 5.10 Å². The zero-order chi connectivity index (χ0) is 20.7. The van der Waals surface area contributed by atoms with Crippen LogP contribution in [0.25, 0.3) is 39.5 Å². The maximum Gasteiger partial charge on any atom is 0.328 e. The molecule has 0 radical (unpaired) electrons. The third kappa shape index (κ3) is 3.16. The van der Waals surface area contributed by atoms with Crippen molar-refractivity contribution < 1.29 is 9.90 Å². The van der Waals surface area contributed by atoms with Crippen LogP contribution in [-0.4, -0.2) is 30.8 Å². The standard InChI is InChI=1S/C24H20N4O2/c1-15-4-2-5-19(26-15)24-23(21-6-3-13-28(21)27-24)18-11-12-25-20-14-16(7-9-17(18)20)8-10-22(29)30/h2,4-5,7-12,14H,3,6,13H2,1H3,(H,29,30)/b10-8+. The van der Waals surface area contributed by atoms with E-state index in [1.165, 1.54) is 5.69 Å². The summed E-state index contributed by atoms with van der Waals surface area (Å²) in [7, 11) is 0. The second-order valence-corrected chi connectivity index (χ2v) is 7.47. The highest BCUT2D eigenvalue weighted by atomic mass is 16.4. The summed E-state index contributed by atoms with van der Waals surface area (Å²) in [5.74, 6) is -0.970. The van der Waals surface area contributed by atoms with Gasteiger partial charge in [0.2, 0.25) is 0 Å².